The zero-order valence-electron chi connectivity index (χ0n) is 43.6. The minimum atomic E-state index is -2.08. The molecular formula is C58H57FN8O13. The van der Waals surface area contributed by atoms with E-state index >= 15 is 4.39 Å². The fourth-order valence-corrected chi connectivity index (χ4v) is 11.1. The molecule has 0 bridgehead atoms. The van der Waals surface area contributed by atoms with E-state index in [1.165, 1.54) is 10.6 Å². The molecule has 6 aromatic rings. The van der Waals surface area contributed by atoms with Crippen molar-refractivity contribution >= 4 is 52.5 Å². The second-order valence-electron chi connectivity index (χ2n) is 20.0. The van der Waals surface area contributed by atoms with E-state index in [9.17, 15) is 48.6 Å². The maximum absolute atomic E-state index is 15.5. The first-order valence-corrected chi connectivity index (χ1v) is 26.2. The lowest BCUT2D eigenvalue weighted by molar-refractivity contribution is -0.172. The number of rotatable bonds is 19. The molecular weight excluding hydrogens is 1040 g/mol. The zero-order valence-corrected chi connectivity index (χ0v) is 43.6. The molecule has 414 valence electrons. The number of cyclic esters (lactones) is 1. The molecule has 22 heteroatoms. The standard InChI is InChI=1S/C58H57FN8O13/c1-3-58(77)40-20-45-52-37(25-67(45)55(74)39(40)28-78-56(58)75)51-42(18-17-32-30(2)41(59)21-43(65-52)50(32)51)66-54(73)46(26-68)80-29-63-48(70)22-61-53(72)44(19-31-11-5-4-6-12-31)64-49(71)24-60-47(69)23-62-57(76)79-27-38-35-15-9-7-13-33(35)34-14-8-10-16-36(34)38/h4-16,20-21,38,42,44,46,68,77H,3,17-19,22-29H2,1-2H3,(H,60,69)(H,61,72)(H,62,76)(H,63,70)(H,64,71)(H,66,73)/t42-,44-,46+,58-/m0/s1. The number of hydrogen-bond donors (Lipinski definition) is 8. The summed E-state index contributed by atoms with van der Waals surface area (Å²) in [5, 5.41) is 37.6. The number of aliphatic hydroxyl groups is 2. The van der Waals surface area contributed by atoms with Gasteiger partial charge in [-0.25, -0.2) is 19.0 Å². The summed E-state index contributed by atoms with van der Waals surface area (Å²) >= 11 is 0. The van der Waals surface area contributed by atoms with Crippen LogP contribution in [-0.2, 0) is 74.6 Å². The fraction of sp³-hybridized carbons (Fsp3) is 0.328. The van der Waals surface area contributed by atoms with Crippen molar-refractivity contribution < 1.29 is 62.4 Å². The second kappa shape index (κ2) is 22.8. The molecule has 0 unspecified atom stereocenters. The lowest BCUT2D eigenvalue weighted by Crippen LogP contribution is -2.52. The molecule has 21 nitrogen and oxygen atoms in total. The molecule has 4 heterocycles. The van der Waals surface area contributed by atoms with Gasteiger partial charge in [0, 0.05) is 34.9 Å². The molecule has 4 aromatic carbocycles. The summed E-state index contributed by atoms with van der Waals surface area (Å²) in [4.78, 5) is 110. The largest absolute Gasteiger partial charge is 0.458 e. The normalized spacial score (nSPS) is 17.1. The number of pyridine rings is 2. The third kappa shape index (κ3) is 10.6. The number of benzene rings is 4. The molecule has 0 saturated heterocycles. The molecule has 2 aromatic heterocycles. The van der Waals surface area contributed by atoms with Gasteiger partial charge in [-0.2, -0.15) is 0 Å². The van der Waals surface area contributed by atoms with Gasteiger partial charge in [0.2, 0.25) is 23.6 Å². The van der Waals surface area contributed by atoms with Gasteiger partial charge in [0.25, 0.3) is 11.5 Å². The van der Waals surface area contributed by atoms with Crippen LogP contribution in [0.5, 0.6) is 0 Å². The Balaban J connectivity index is 0.720. The van der Waals surface area contributed by atoms with E-state index in [0.717, 1.165) is 22.3 Å². The lowest BCUT2D eigenvalue weighted by atomic mass is 9.81. The minimum absolute atomic E-state index is 0.00288. The summed E-state index contributed by atoms with van der Waals surface area (Å²) in [7, 11) is 0. The number of amides is 6. The van der Waals surface area contributed by atoms with Crippen molar-refractivity contribution in [2.24, 2.45) is 0 Å². The van der Waals surface area contributed by atoms with Crippen molar-refractivity contribution in [3.63, 3.8) is 0 Å². The Morgan fingerprint density at radius 1 is 0.838 bits per heavy atom. The van der Waals surface area contributed by atoms with Crippen LogP contribution in [0.15, 0.2) is 95.8 Å². The number of hydrogen-bond acceptors (Lipinski definition) is 14. The molecule has 0 spiro atoms. The smallest absolute Gasteiger partial charge is 0.407 e. The molecule has 4 atom stereocenters. The van der Waals surface area contributed by atoms with Crippen molar-refractivity contribution in [1.82, 2.24) is 41.5 Å². The van der Waals surface area contributed by atoms with Gasteiger partial charge in [-0.05, 0) is 76.8 Å². The summed E-state index contributed by atoms with van der Waals surface area (Å²) < 4.78 is 33.2. The van der Waals surface area contributed by atoms with Crippen LogP contribution in [0.1, 0.15) is 81.8 Å². The third-order valence-corrected chi connectivity index (χ3v) is 15.2. The maximum Gasteiger partial charge on any atom is 0.407 e. The van der Waals surface area contributed by atoms with E-state index in [0.29, 0.717) is 51.0 Å². The summed E-state index contributed by atoms with van der Waals surface area (Å²) in [5.41, 5.74) is 5.58. The van der Waals surface area contributed by atoms with E-state index in [-0.39, 0.29) is 61.6 Å². The van der Waals surface area contributed by atoms with E-state index in [1.54, 1.807) is 50.2 Å². The van der Waals surface area contributed by atoms with Crippen LogP contribution in [0.4, 0.5) is 9.18 Å². The van der Waals surface area contributed by atoms with Crippen LogP contribution in [0, 0.1) is 12.7 Å². The van der Waals surface area contributed by atoms with Crippen molar-refractivity contribution in [2.75, 3.05) is 39.6 Å². The number of alkyl carbamates (subject to hydrolysis) is 1. The molecule has 10 rings (SSSR count). The van der Waals surface area contributed by atoms with Gasteiger partial charge in [0.05, 0.1) is 54.8 Å². The Labute approximate surface area is 456 Å². The van der Waals surface area contributed by atoms with Crippen LogP contribution >= 0.6 is 0 Å². The van der Waals surface area contributed by atoms with E-state index in [1.807, 2.05) is 48.5 Å². The van der Waals surface area contributed by atoms with Crippen molar-refractivity contribution in [3.05, 3.63) is 157 Å². The predicted octanol–water partition coefficient (Wildman–Crippen LogP) is 2.58. The van der Waals surface area contributed by atoms with Gasteiger partial charge in [-0.3, -0.25) is 28.8 Å². The molecule has 8 N–H and O–H groups in total. The van der Waals surface area contributed by atoms with Gasteiger partial charge in [-0.15, -0.1) is 0 Å². The number of halogens is 1. The highest BCUT2D eigenvalue weighted by Crippen LogP contribution is 2.47. The van der Waals surface area contributed by atoms with Gasteiger partial charge >= 0.3 is 12.1 Å². The maximum atomic E-state index is 15.5. The monoisotopic (exact) mass is 1090 g/mol. The highest BCUT2D eigenvalue weighted by molar-refractivity contribution is 5.95. The fourth-order valence-electron chi connectivity index (χ4n) is 11.1. The van der Waals surface area contributed by atoms with Gasteiger partial charge in [0.1, 0.15) is 38.3 Å². The number of nitrogens with zero attached hydrogens (tertiary/aromatic N) is 2. The summed E-state index contributed by atoms with van der Waals surface area (Å²) in [6.45, 7) is -0.0668. The first-order chi connectivity index (χ1) is 38.6. The highest BCUT2D eigenvalue weighted by atomic mass is 19.1. The number of aryl methyl sites for hydroxylation is 1. The number of nitrogens with one attached hydrogen (secondary N) is 6. The number of carbonyl (C=O) groups is 7. The van der Waals surface area contributed by atoms with Crippen LogP contribution in [0.2, 0.25) is 0 Å². The zero-order chi connectivity index (χ0) is 56.4. The van der Waals surface area contributed by atoms with Crippen LogP contribution < -0.4 is 37.5 Å². The molecule has 0 radical (unpaired) electrons. The number of carbonyl (C=O) groups excluding carboxylic acids is 7. The highest BCUT2D eigenvalue weighted by Gasteiger charge is 2.46. The van der Waals surface area contributed by atoms with Gasteiger partial charge in [-0.1, -0.05) is 85.8 Å². The van der Waals surface area contributed by atoms with Crippen molar-refractivity contribution in [3.8, 4) is 22.5 Å². The van der Waals surface area contributed by atoms with E-state index in [2.05, 4.69) is 31.9 Å². The molecule has 4 aliphatic rings. The Hall–Kier alpha value is -8.86. The first-order valence-electron chi connectivity index (χ1n) is 26.2. The topological polar surface area (TPSA) is 295 Å². The van der Waals surface area contributed by atoms with Crippen LogP contribution in [0.3, 0.4) is 0 Å². The average molecular weight is 1090 g/mol. The number of fused-ring (bicyclic) bond motifs is 8. The number of ether oxygens (including phenoxy) is 3. The van der Waals surface area contributed by atoms with Crippen molar-refractivity contribution in [1.29, 1.82) is 0 Å². The first kappa shape index (κ1) is 54.5. The molecule has 6 amide bonds. The minimum Gasteiger partial charge on any atom is -0.458 e. The molecule has 80 heavy (non-hydrogen) atoms. The molecule has 0 saturated carbocycles. The van der Waals surface area contributed by atoms with Crippen LogP contribution in [-0.4, -0.2) is 113 Å². The van der Waals surface area contributed by atoms with E-state index < -0.39 is 110 Å². The molecule has 0 fully saturated rings. The Morgan fingerprint density at radius 2 is 1.51 bits per heavy atom. The number of aliphatic hydroxyl groups excluding tert-OH is 1. The number of aromatic nitrogens is 2. The van der Waals surface area contributed by atoms with Gasteiger partial charge in [0.15, 0.2) is 11.7 Å². The summed E-state index contributed by atoms with van der Waals surface area (Å²) in [5.74, 6) is -5.24. The second-order valence-corrected chi connectivity index (χ2v) is 20.0. The summed E-state index contributed by atoms with van der Waals surface area (Å²) in [6.07, 6.45) is -1.76. The van der Waals surface area contributed by atoms with E-state index in [4.69, 9.17) is 19.2 Å². The Kier molecular flexibility index (Phi) is 15.6. The third-order valence-electron chi connectivity index (χ3n) is 15.2. The quantitative estimate of drug-likeness (QED) is 0.0427. The molecule has 2 aliphatic carbocycles. The van der Waals surface area contributed by atoms with Gasteiger partial charge < -0.3 is 60.9 Å². The predicted molar refractivity (Wildman–Crippen MR) is 285 cm³/mol. The van der Waals surface area contributed by atoms with Crippen molar-refractivity contribution in [2.45, 2.75) is 82.4 Å². The number of esters is 1. The lowest BCUT2D eigenvalue weighted by Gasteiger charge is -2.31. The Bertz CT molecular complexity index is 3530. The molecule has 2 aliphatic heterocycles. The SMILES string of the molecule is CC[C@@]1(O)C(=O)OCc2c1cc1n(c2=O)Cc2c-1nc1cc(F)c(C)c3c1c2[C@@H](NC(=O)[C@@H](CO)OCNC(=O)CNC(=O)[C@H](Cc1ccccc1)NC(=O)CNC(=O)CNC(=O)OCC1c2ccccc2-c2ccccc21)CC3. The Morgan fingerprint density at radius 3 is 2.23 bits per heavy atom. The summed E-state index contributed by atoms with van der Waals surface area (Å²) in [6, 6.07) is 25.3. The van der Waals surface area contributed by atoms with Crippen LogP contribution in [0.25, 0.3) is 33.4 Å². The average Bonchev–Trinajstić information content (AvgIpc) is 4.21.